The van der Waals surface area contributed by atoms with Crippen LogP contribution in [0.5, 0.6) is 5.75 Å². The number of carbonyl (C=O) groups excluding carboxylic acids is 1. The van der Waals surface area contributed by atoms with Crippen LogP contribution in [0.2, 0.25) is 0 Å². The minimum absolute atomic E-state index is 0.129. The van der Waals surface area contributed by atoms with Crippen LogP contribution in [0.3, 0.4) is 0 Å². The maximum Gasteiger partial charge on any atom is 0.251 e. The molecule has 128 valence electrons. The highest BCUT2D eigenvalue weighted by atomic mass is 16.5. The lowest BCUT2D eigenvalue weighted by Gasteiger charge is -2.37. The Bertz CT molecular complexity index is 735. The van der Waals surface area contributed by atoms with Gasteiger partial charge in [-0.05, 0) is 49.4 Å². The molecule has 2 N–H and O–H groups in total. The molecule has 24 heavy (non-hydrogen) atoms. The highest BCUT2D eigenvalue weighted by Gasteiger charge is 2.36. The van der Waals surface area contributed by atoms with Crippen LogP contribution in [0.25, 0.3) is 0 Å². The molecule has 1 amide bonds. The third-order valence-corrected chi connectivity index (χ3v) is 4.65. The van der Waals surface area contributed by atoms with Crippen molar-refractivity contribution >= 4 is 5.91 Å². The summed E-state index contributed by atoms with van der Waals surface area (Å²) in [5.41, 5.74) is 2.48. The number of rotatable bonds is 5. The number of methoxy groups -OCH3 is 1. The summed E-state index contributed by atoms with van der Waals surface area (Å²) in [7, 11) is 3.47. The molecule has 1 saturated carbocycles. The summed E-state index contributed by atoms with van der Waals surface area (Å²) in [4.78, 5) is 12.7. The van der Waals surface area contributed by atoms with Crippen molar-refractivity contribution in [1.82, 2.24) is 15.1 Å². The van der Waals surface area contributed by atoms with Crippen molar-refractivity contribution in [3.63, 3.8) is 0 Å². The Morgan fingerprint density at radius 3 is 2.75 bits per heavy atom. The van der Waals surface area contributed by atoms with Gasteiger partial charge in [0.1, 0.15) is 5.75 Å². The number of nitrogens with one attached hydrogen (secondary N) is 1. The molecule has 1 atom stereocenters. The van der Waals surface area contributed by atoms with Gasteiger partial charge in [-0.2, -0.15) is 5.10 Å². The maximum atomic E-state index is 12.7. The molecule has 0 spiro atoms. The molecule has 1 aliphatic rings. The van der Waals surface area contributed by atoms with E-state index in [-0.39, 0.29) is 24.0 Å². The molecule has 0 aliphatic heterocycles. The minimum atomic E-state index is -0.269. The molecule has 3 rings (SSSR count). The van der Waals surface area contributed by atoms with Gasteiger partial charge in [-0.1, -0.05) is 0 Å². The number of ether oxygens (including phenoxy) is 1. The van der Waals surface area contributed by atoms with E-state index in [0.29, 0.717) is 18.4 Å². The van der Waals surface area contributed by atoms with Gasteiger partial charge < -0.3 is 15.2 Å². The fraction of sp³-hybridized carbons (Fsp3) is 0.444. The number of carbonyl (C=O) groups is 1. The van der Waals surface area contributed by atoms with Crippen LogP contribution < -0.4 is 10.1 Å². The molecule has 6 heteroatoms. The zero-order valence-corrected chi connectivity index (χ0v) is 14.2. The average Bonchev–Trinajstić information content (AvgIpc) is 2.96. The molecule has 0 unspecified atom stereocenters. The first-order chi connectivity index (χ1) is 11.5. The lowest BCUT2D eigenvalue weighted by atomic mass is 9.75. The SMILES string of the molecule is COc1ccc(C(=O)N[C@H](c2cnn(C)c2)C2CC(O)C2)cc1C. The summed E-state index contributed by atoms with van der Waals surface area (Å²) in [6.45, 7) is 1.91. The quantitative estimate of drug-likeness (QED) is 0.879. The fourth-order valence-corrected chi connectivity index (χ4v) is 3.22. The lowest BCUT2D eigenvalue weighted by molar-refractivity contribution is 0.0235. The van der Waals surface area contributed by atoms with Crippen LogP contribution in [0.4, 0.5) is 0 Å². The lowest BCUT2D eigenvalue weighted by Crippen LogP contribution is -2.41. The number of aliphatic hydroxyl groups is 1. The molecule has 0 radical (unpaired) electrons. The minimum Gasteiger partial charge on any atom is -0.496 e. The zero-order valence-electron chi connectivity index (χ0n) is 14.2. The molecule has 6 nitrogen and oxygen atoms in total. The van der Waals surface area contributed by atoms with Gasteiger partial charge in [-0.15, -0.1) is 0 Å². The molecule has 1 aliphatic carbocycles. The van der Waals surface area contributed by atoms with Crippen LogP contribution in [-0.2, 0) is 7.05 Å². The molecule has 2 aromatic rings. The molecular weight excluding hydrogens is 306 g/mol. The standard InChI is InChI=1S/C18H23N3O3/c1-11-6-12(4-5-16(11)24-3)18(23)20-17(13-7-15(22)8-13)14-9-19-21(2)10-14/h4-6,9-10,13,15,17,22H,7-8H2,1-3H3,(H,20,23)/t13?,15?,17-/m0/s1. The third kappa shape index (κ3) is 3.28. The first-order valence-corrected chi connectivity index (χ1v) is 8.10. The van der Waals surface area contributed by atoms with Crippen molar-refractivity contribution in [2.75, 3.05) is 7.11 Å². The van der Waals surface area contributed by atoms with E-state index in [0.717, 1.165) is 16.9 Å². The summed E-state index contributed by atoms with van der Waals surface area (Å²) in [5, 5.41) is 16.9. The zero-order chi connectivity index (χ0) is 17.3. The Hall–Kier alpha value is -2.34. The first kappa shape index (κ1) is 16.5. The number of nitrogens with zero attached hydrogens (tertiary/aromatic N) is 2. The third-order valence-electron chi connectivity index (χ3n) is 4.65. The van der Waals surface area contributed by atoms with Crippen molar-refractivity contribution in [2.24, 2.45) is 13.0 Å². The second kappa shape index (κ2) is 6.65. The maximum absolute atomic E-state index is 12.7. The molecule has 1 aromatic heterocycles. The predicted octanol–water partition coefficient (Wildman–Crippen LogP) is 1.98. The van der Waals surface area contributed by atoms with E-state index >= 15 is 0 Å². The van der Waals surface area contributed by atoms with Crippen molar-refractivity contribution in [3.05, 3.63) is 47.3 Å². The van der Waals surface area contributed by atoms with Gasteiger partial charge in [0.15, 0.2) is 0 Å². The van der Waals surface area contributed by atoms with E-state index in [1.54, 1.807) is 30.1 Å². The number of hydrogen-bond donors (Lipinski definition) is 2. The topological polar surface area (TPSA) is 76.4 Å². The van der Waals surface area contributed by atoms with Crippen LogP contribution in [0.1, 0.15) is 40.4 Å². The number of amides is 1. The highest BCUT2D eigenvalue weighted by molar-refractivity contribution is 5.94. The van der Waals surface area contributed by atoms with Gasteiger partial charge in [0.2, 0.25) is 0 Å². The van der Waals surface area contributed by atoms with Gasteiger partial charge in [0.05, 0.1) is 25.5 Å². The monoisotopic (exact) mass is 329 g/mol. The molecule has 0 bridgehead atoms. The van der Waals surface area contributed by atoms with Crippen molar-refractivity contribution in [3.8, 4) is 5.75 Å². The Labute approximate surface area is 141 Å². The summed E-state index contributed by atoms with van der Waals surface area (Å²) in [6, 6.07) is 5.24. The van der Waals surface area contributed by atoms with E-state index < -0.39 is 0 Å². The van der Waals surface area contributed by atoms with E-state index in [1.807, 2.05) is 26.2 Å². The van der Waals surface area contributed by atoms with E-state index in [2.05, 4.69) is 10.4 Å². The van der Waals surface area contributed by atoms with E-state index in [4.69, 9.17) is 4.74 Å². The van der Waals surface area contributed by atoms with Gasteiger partial charge in [-0.3, -0.25) is 9.48 Å². The molecule has 1 heterocycles. The molecule has 0 saturated heterocycles. The molecular formula is C18H23N3O3. The van der Waals surface area contributed by atoms with Crippen LogP contribution >= 0.6 is 0 Å². The summed E-state index contributed by atoms with van der Waals surface area (Å²) in [5.74, 6) is 0.862. The van der Waals surface area contributed by atoms with Crippen LogP contribution in [0.15, 0.2) is 30.6 Å². The van der Waals surface area contributed by atoms with Crippen molar-refractivity contribution < 1.29 is 14.6 Å². The second-order valence-corrected chi connectivity index (χ2v) is 6.47. The number of hydrogen-bond acceptors (Lipinski definition) is 4. The number of aliphatic hydroxyl groups excluding tert-OH is 1. The molecule has 1 fully saturated rings. The predicted molar refractivity (Wildman–Crippen MR) is 89.9 cm³/mol. The summed E-state index contributed by atoms with van der Waals surface area (Å²) >= 11 is 0. The van der Waals surface area contributed by atoms with E-state index in [9.17, 15) is 9.90 Å². The smallest absolute Gasteiger partial charge is 0.251 e. The van der Waals surface area contributed by atoms with Gasteiger partial charge in [0.25, 0.3) is 5.91 Å². The van der Waals surface area contributed by atoms with Crippen LogP contribution in [0, 0.1) is 12.8 Å². The Morgan fingerprint density at radius 2 is 2.21 bits per heavy atom. The second-order valence-electron chi connectivity index (χ2n) is 6.47. The first-order valence-electron chi connectivity index (χ1n) is 8.10. The summed E-state index contributed by atoms with van der Waals surface area (Å²) in [6.07, 6.45) is 4.81. The van der Waals surface area contributed by atoms with E-state index in [1.165, 1.54) is 0 Å². The normalized spacial score (nSPS) is 21.0. The van der Waals surface area contributed by atoms with Crippen LogP contribution in [-0.4, -0.2) is 34.0 Å². The number of aryl methyl sites for hydroxylation is 2. The fourth-order valence-electron chi connectivity index (χ4n) is 3.22. The van der Waals surface area contributed by atoms with Gasteiger partial charge in [0, 0.05) is 24.4 Å². The van der Waals surface area contributed by atoms with Crippen molar-refractivity contribution in [1.29, 1.82) is 0 Å². The molecule has 1 aromatic carbocycles. The Morgan fingerprint density at radius 1 is 1.46 bits per heavy atom. The Kier molecular flexibility index (Phi) is 4.57. The average molecular weight is 329 g/mol. The Balaban J connectivity index is 1.79. The summed E-state index contributed by atoms with van der Waals surface area (Å²) < 4.78 is 6.96. The van der Waals surface area contributed by atoms with Crippen molar-refractivity contribution in [2.45, 2.75) is 31.9 Å². The van der Waals surface area contributed by atoms with Gasteiger partial charge >= 0.3 is 0 Å². The largest absolute Gasteiger partial charge is 0.496 e. The van der Waals surface area contributed by atoms with Gasteiger partial charge in [-0.25, -0.2) is 0 Å². The highest BCUT2D eigenvalue weighted by Crippen LogP contribution is 2.38. The number of aromatic nitrogens is 2. The number of benzene rings is 1.